The minimum atomic E-state index is 0.0467. The highest BCUT2D eigenvalue weighted by molar-refractivity contribution is 5.84. The molecular weight excluding hydrogens is 260 g/mol. The fraction of sp³-hybridized carbons (Fsp3) is 0.167. The maximum atomic E-state index is 12.0. The first kappa shape index (κ1) is 13.4. The number of aryl methyl sites for hydroxylation is 1. The number of aromatic nitrogens is 1. The van der Waals surface area contributed by atoms with E-state index in [4.69, 9.17) is 0 Å². The van der Waals surface area contributed by atoms with E-state index >= 15 is 0 Å². The average molecular weight is 278 g/mol. The van der Waals surface area contributed by atoms with E-state index in [1.54, 1.807) is 0 Å². The van der Waals surface area contributed by atoms with E-state index in [2.05, 4.69) is 22.4 Å². The largest absolute Gasteiger partial charge is 0.359 e. The van der Waals surface area contributed by atoms with Crippen LogP contribution in [0.5, 0.6) is 0 Å². The lowest BCUT2D eigenvalue weighted by molar-refractivity contribution is -0.120. The molecule has 3 rings (SSSR count). The van der Waals surface area contributed by atoms with Crippen LogP contribution in [0, 0.1) is 6.92 Å². The summed E-state index contributed by atoms with van der Waals surface area (Å²) >= 11 is 0. The van der Waals surface area contributed by atoms with Gasteiger partial charge >= 0.3 is 0 Å². The van der Waals surface area contributed by atoms with Gasteiger partial charge in [-0.2, -0.15) is 0 Å². The summed E-state index contributed by atoms with van der Waals surface area (Å²) in [5.41, 5.74) is 4.39. The highest BCUT2D eigenvalue weighted by Gasteiger charge is 2.05. The lowest BCUT2D eigenvalue weighted by atomic mass is 10.1. The predicted molar refractivity (Wildman–Crippen MR) is 85.0 cm³/mol. The molecule has 1 amide bonds. The lowest BCUT2D eigenvalue weighted by Crippen LogP contribution is -2.24. The molecule has 0 aliphatic heterocycles. The first-order valence-corrected chi connectivity index (χ1v) is 7.09. The number of hydrogen-bond acceptors (Lipinski definition) is 1. The van der Waals surface area contributed by atoms with E-state index in [1.807, 2.05) is 49.4 Å². The van der Waals surface area contributed by atoms with Gasteiger partial charge in [-0.25, -0.2) is 0 Å². The number of aromatic amines is 1. The maximum absolute atomic E-state index is 12.0. The van der Waals surface area contributed by atoms with Crippen LogP contribution in [-0.4, -0.2) is 10.9 Å². The minimum absolute atomic E-state index is 0.0467. The smallest absolute Gasteiger partial charge is 0.224 e. The van der Waals surface area contributed by atoms with Crippen molar-refractivity contribution < 1.29 is 4.79 Å². The van der Waals surface area contributed by atoms with Crippen LogP contribution >= 0.6 is 0 Å². The van der Waals surface area contributed by atoms with Crippen molar-refractivity contribution in [1.29, 1.82) is 0 Å². The molecule has 21 heavy (non-hydrogen) atoms. The van der Waals surface area contributed by atoms with Crippen molar-refractivity contribution in [2.45, 2.75) is 19.9 Å². The van der Waals surface area contributed by atoms with Gasteiger partial charge in [0.1, 0.15) is 0 Å². The number of carbonyl (C=O) groups excluding carboxylic acids is 1. The van der Waals surface area contributed by atoms with Crippen LogP contribution in [0.3, 0.4) is 0 Å². The zero-order valence-corrected chi connectivity index (χ0v) is 12.0. The maximum Gasteiger partial charge on any atom is 0.224 e. The summed E-state index contributed by atoms with van der Waals surface area (Å²) in [4.78, 5) is 15.3. The third-order valence-electron chi connectivity index (χ3n) is 3.52. The van der Waals surface area contributed by atoms with Crippen molar-refractivity contribution in [3.63, 3.8) is 0 Å². The average Bonchev–Trinajstić information content (AvgIpc) is 2.85. The highest BCUT2D eigenvalue weighted by Crippen LogP contribution is 2.17. The Morgan fingerprint density at radius 1 is 1.05 bits per heavy atom. The molecule has 0 radical (unpaired) electrons. The Labute approximate surface area is 124 Å². The second-order valence-corrected chi connectivity index (χ2v) is 5.31. The Kier molecular flexibility index (Phi) is 3.73. The van der Waals surface area contributed by atoms with Crippen LogP contribution in [0.2, 0.25) is 0 Å². The Hall–Kier alpha value is -2.55. The Bertz CT molecular complexity index is 759. The number of H-pyrrole nitrogens is 1. The summed E-state index contributed by atoms with van der Waals surface area (Å²) in [5.74, 6) is 0.0467. The van der Waals surface area contributed by atoms with E-state index < -0.39 is 0 Å². The summed E-state index contributed by atoms with van der Waals surface area (Å²) < 4.78 is 0. The van der Waals surface area contributed by atoms with Crippen molar-refractivity contribution in [2.75, 3.05) is 0 Å². The van der Waals surface area contributed by atoms with Gasteiger partial charge in [-0.05, 0) is 41.6 Å². The van der Waals surface area contributed by atoms with Crippen LogP contribution in [0.4, 0.5) is 0 Å². The second kappa shape index (κ2) is 5.83. The zero-order valence-electron chi connectivity index (χ0n) is 12.0. The Morgan fingerprint density at radius 3 is 2.67 bits per heavy atom. The Morgan fingerprint density at radius 2 is 1.86 bits per heavy atom. The molecule has 2 aromatic carbocycles. The SMILES string of the molecule is Cc1cc2cc(CC(=O)NCc3ccccc3)ccc2[nH]1. The number of benzene rings is 2. The van der Waals surface area contributed by atoms with Crippen molar-refractivity contribution in [2.24, 2.45) is 0 Å². The van der Waals surface area contributed by atoms with Crippen LogP contribution in [-0.2, 0) is 17.8 Å². The van der Waals surface area contributed by atoms with Gasteiger partial charge in [0, 0.05) is 17.8 Å². The number of fused-ring (bicyclic) bond motifs is 1. The lowest BCUT2D eigenvalue weighted by Gasteiger charge is -2.05. The molecule has 0 aliphatic carbocycles. The van der Waals surface area contributed by atoms with Gasteiger partial charge in [0.05, 0.1) is 6.42 Å². The topological polar surface area (TPSA) is 44.9 Å². The molecule has 0 saturated carbocycles. The summed E-state index contributed by atoms with van der Waals surface area (Å²) in [7, 11) is 0. The molecule has 106 valence electrons. The van der Waals surface area contributed by atoms with Crippen molar-refractivity contribution >= 4 is 16.8 Å². The first-order valence-electron chi connectivity index (χ1n) is 7.09. The van der Waals surface area contributed by atoms with E-state index in [0.717, 1.165) is 27.7 Å². The number of carbonyl (C=O) groups is 1. The molecule has 0 spiro atoms. The predicted octanol–water partition coefficient (Wildman–Crippen LogP) is 3.34. The van der Waals surface area contributed by atoms with Crippen LogP contribution in [0.25, 0.3) is 10.9 Å². The van der Waals surface area contributed by atoms with Crippen molar-refractivity contribution in [3.05, 3.63) is 71.4 Å². The van der Waals surface area contributed by atoms with Gasteiger partial charge < -0.3 is 10.3 Å². The Balaban J connectivity index is 1.63. The number of nitrogens with one attached hydrogen (secondary N) is 2. The van der Waals surface area contributed by atoms with Gasteiger partial charge in [0.25, 0.3) is 0 Å². The molecule has 1 heterocycles. The summed E-state index contributed by atoms with van der Waals surface area (Å²) in [5, 5.41) is 4.11. The normalized spacial score (nSPS) is 10.7. The molecule has 0 unspecified atom stereocenters. The minimum Gasteiger partial charge on any atom is -0.359 e. The summed E-state index contributed by atoms with van der Waals surface area (Å²) in [6.07, 6.45) is 0.410. The molecule has 0 fully saturated rings. The van der Waals surface area contributed by atoms with Crippen LogP contribution in [0.1, 0.15) is 16.8 Å². The van der Waals surface area contributed by atoms with Gasteiger partial charge in [-0.1, -0.05) is 36.4 Å². The van der Waals surface area contributed by atoms with Crippen LogP contribution in [0.15, 0.2) is 54.6 Å². The molecule has 0 atom stereocenters. The fourth-order valence-electron chi connectivity index (χ4n) is 2.48. The van der Waals surface area contributed by atoms with Gasteiger partial charge in [0.2, 0.25) is 5.91 Å². The van der Waals surface area contributed by atoms with Gasteiger partial charge in [0.15, 0.2) is 0 Å². The second-order valence-electron chi connectivity index (χ2n) is 5.31. The number of hydrogen-bond donors (Lipinski definition) is 2. The van der Waals surface area contributed by atoms with Crippen molar-refractivity contribution in [3.8, 4) is 0 Å². The third kappa shape index (κ3) is 3.31. The molecular formula is C18H18N2O. The van der Waals surface area contributed by atoms with Crippen molar-refractivity contribution in [1.82, 2.24) is 10.3 Å². The first-order chi connectivity index (χ1) is 10.2. The van der Waals surface area contributed by atoms with Crippen LogP contribution < -0.4 is 5.32 Å². The third-order valence-corrected chi connectivity index (χ3v) is 3.52. The molecule has 0 aliphatic rings. The van der Waals surface area contributed by atoms with Gasteiger partial charge in [-0.3, -0.25) is 4.79 Å². The molecule has 3 aromatic rings. The molecule has 3 nitrogen and oxygen atoms in total. The quantitative estimate of drug-likeness (QED) is 0.755. The fourth-order valence-corrected chi connectivity index (χ4v) is 2.48. The van der Waals surface area contributed by atoms with E-state index in [-0.39, 0.29) is 5.91 Å². The summed E-state index contributed by atoms with van der Waals surface area (Å²) in [6, 6.07) is 18.1. The molecule has 3 heteroatoms. The standard InChI is InChI=1S/C18H18N2O/c1-13-9-16-10-15(7-8-17(16)20-13)11-18(21)19-12-14-5-3-2-4-6-14/h2-10,20H,11-12H2,1H3,(H,19,21). The number of rotatable bonds is 4. The molecule has 0 saturated heterocycles. The van der Waals surface area contributed by atoms with Gasteiger partial charge in [-0.15, -0.1) is 0 Å². The number of amides is 1. The highest BCUT2D eigenvalue weighted by atomic mass is 16.1. The molecule has 2 N–H and O–H groups in total. The monoisotopic (exact) mass is 278 g/mol. The molecule has 1 aromatic heterocycles. The summed E-state index contributed by atoms with van der Waals surface area (Å²) in [6.45, 7) is 2.61. The van der Waals surface area contributed by atoms with E-state index in [1.165, 1.54) is 0 Å². The van der Waals surface area contributed by atoms with E-state index in [9.17, 15) is 4.79 Å². The zero-order chi connectivity index (χ0) is 14.7. The van der Waals surface area contributed by atoms with E-state index in [0.29, 0.717) is 13.0 Å². The molecule has 0 bridgehead atoms.